The number of hydrogen-bond donors (Lipinski definition) is 1. The lowest BCUT2D eigenvalue weighted by molar-refractivity contribution is 0.446. The molecule has 22 heavy (non-hydrogen) atoms. The van der Waals surface area contributed by atoms with Crippen LogP contribution in [0.4, 0.5) is 5.13 Å². The first-order valence-corrected chi connectivity index (χ1v) is 9.70. The molecule has 7 heteroatoms. The van der Waals surface area contributed by atoms with E-state index in [-0.39, 0.29) is 4.90 Å². The summed E-state index contributed by atoms with van der Waals surface area (Å²) < 4.78 is 22.6. The molecular weight excluding hydrogens is 318 g/mol. The highest BCUT2D eigenvalue weighted by Gasteiger charge is 2.19. The van der Waals surface area contributed by atoms with Crippen molar-refractivity contribution < 1.29 is 8.42 Å². The highest BCUT2D eigenvalue weighted by Crippen LogP contribution is 2.30. The molecule has 2 heterocycles. The number of thiazole rings is 1. The summed E-state index contributed by atoms with van der Waals surface area (Å²) in [5.41, 5.74) is 1.78. The summed E-state index contributed by atoms with van der Waals surface area (Å²) in [6.45, 7) is 4.38. The van der Waals surface area contributed by atoms with Crippen molar-refractivity contribution in [1.29, 1.82) is 0 Å². The van der Waals surface area contributed by atoms with E-state index >= 15 is 0 Å². The normalized spacial score (nSPS) is 19.4. The van der Waals surface area contributed by atoms with E-state index in [1.54, 1.807) is 23.5 Å². The molecule has 1 saturated heterocycles. The quantitative estimate of drug-likeness (QED) is 0.934. The predicted octanol–water partition coefficient (Wildman–Crippen LogP) is 2.69. The topological polar surface area (TPSA) is 76.3 Å². The molecule has 1 aromatic carbocycles. The maximum atomic E-state index is 11.3. The van der Waals surface area contributed by atoms with Gasteiger partial charge in [-0.2, -0.15) is 0 Å². The first-order chi connectivity index (χ1) is 10.4. The first-order valence-electron chi connectivity index (χ1n) is 7.27. The summed E-state index contributed by atoms with van der Waals surface area (Å²) in [7, 11) is -3.65. The lowest BCUT2D eigenvalue weighted by Crippen LogP contribution is -2.34. The molecule has 0 spiro atoms. The maximum absolute atomic E-state index is 11.3. The van der Waals surface area contributed by atoms with Crippen molar-refractivity contribution in [2.45, 2.75) is 24.7 Å². The summed E-state index contributed by atoms with van der Waals surface area (Å²) in [5.74, 6) is 0.704. The van der Waals surface area contributed by atoms with Gasteiger partial charge in [0.1, 0.15) is 0 Å². The van der Waals surface area contributed by atoms with Crippen LogP contribution in [-0.4, -0.2) is 26.5 Å². The van der Waals surface area contributed by atoms with Crippen LogP contribution < -0.4 is 10.0 Å². The fraction of sp³-hybridized carbons (Fsp3) is 0.400. The van der Waals surface area contributed by atoms with Gasteiger partial charge < -0.3 is 4.90 Å². The van der Waals surface area contributed by atoms with E-state index in [4.69, 9.17) is 10.1 Å². The minimum atomic E-state index is -3.65. The molecule has 0 aliphatic carbocycles. The molecule has 1 atom stereocenters. The zero-order valence-electron chi connectivity index (χ0n) is 12.4. The highest BCUT2D eigenvalue weighted by atomic mass is 32.2. The number of aromatic nitrogens is 1. The Labute approximate surface area is 134 Å². The van der Waals surface area contributed by atoms with Crippen LogP contribution in [0.15, 0.2) is 34.5 Å². The summed E-state index contributed by atoms with van der Waals surface area (Å²) >= 11 is 1.63. The van der Waals surface area contributed by atoms with E-state index in [0.717, 1.165) is 29.5 Å². The van der Waals surface area contributed by atoms with Gasteiger partial charge in [-0.25, -0.2) is 18.5 Å². The average Bonchev–Trinajstić information content (AvgIpc) is 2.96. The number of hydrogen-bond acceptors (Lipinski definition) is 5. The van der Waals surface area contributed by atoms with Crippen LogP contribution in [0, 0.1) is 5.92 Å². The number of nitrogens with zero attached hydrogens (tertiary/aromatic N) is 2. The van der Waals surface area contributed by atoms with E-state index in [0.29, 0.717) is 5.92 Å². The van der Waals surface area contributed by atoms with Crippen LogP contribution in [0.1, 0.15) is 19.8 Å². The van der Waals surface area contributed by atoms with E-state index in [1.807, 2.05) is 5.38 Å². The van der Waals surface area contributed by atoms with E-state index in [9.17, 15) is 8.42 Å². The molecule has 0 bridgehead atoms. The monoisotopic (exact) mass is 337 g/mol. The van der Waals surface area contributed by atoms with Crippen molar-refractivity contribution in [3.63, 3.8) is 0 Å². The molecule has 0 amide bonds. The molecule has 0 radical (unpaired) electrons. The summed E-state index contributed by atoms with van der Waals surface area (Å²) in [6.07, 6.45) is 2.49. The van der Waals surface area contributed by atoms with Gasteiger partial charge in [-0.3, -0.25) is 0 Å². The summed E-state index contributed by atoms with van der Waals surface area (Å²) in [5, 5.41) is 8.17. The van der Waals surface area contributed by atoms with E-state index in [2.05, 4.69) is 11.8 Å². The maximum Gasteiger partial charge on any atom is 0.238 e. The molecule has 2 aromatic rings. The molecule has 1 fully saturated rings. The van der Waals surface area contributed by atoms with E-state index < -0.39 is 10.0 Å². The van der Waals surface area contributed by atoms with Crippen molar-refractivity contribution in [3.05, 3.63) is 29.6 Å². The molecule has 1 aliphatic heterocycles. The zero-order valence-corrected chi connectivity index (χ0v) is 14.0. The van der Waals surface area contributed by atoms with Gasteiger partial charge in [0.05, 0.1) is 10.6 Å². The van der Waals surface area contributed by atoms with Crippen LogP contribution >= 0.6 is 11.3 Å². The smallest absolute Gasteiger partial charge is 0.238 e. The van der Waals surface area contributed by atoms with Crippen molar-refractivity contribution in [1.82, 2.24) is 4.98 Å². The second-order valence-corrected chi connectivity index (χ2v) is 8.18. The standard InChI is InChI=1S/C15H19N3O2S2/c1-11-3-2-8-18(9-11)15-17-14(10-21-15)12-4-6-13(7-5-12)22(16,19)20/h4-7,10-11H,2-3,8-9H2,1H3,(H2,16,19,20)/t11-/m1/s1. The number of primary sulfonamides is 1. The minimum absolute atomic E-state index is 0.122. The largest absolute Gasteiger partial charge is 0.348 e. The number of nitrogens with two attached hydrogens (primary N) is 1. The Hall–Kier alpha value is -1.44. The summed E-state index contributed by atoms with van der Waals surface area (Å²) in [6, 6.07) is 6.54. The van der Waals surface area contributed by atoms with E-state index in [1.165, 1.54) is 25.0 Å². The third-order valence-corrected chi connectivity index (χ3v) is 5.73. The second kappa shape index (κ2) is 5.98. The van der Waals surface area contributed by atoms with Crippen LogP contribution in [0.5, 0.6) is 0 Å². The number of piperidine rings is 1. The van der Waals surface area contributed by atoms with Gasteiger partial charge in [0, 0.05) is 24.0 Å². The average molecular weight is 337 g/mol. The van der Waals surface area contributed by atoms with Crippen LogP contribution in [-0.2, 0) is 10.0 Å². The lowest BCUT2D eigenvalue weighted by Gasteiger charge is -2.30. The molecule has 118 valence electrons. The third kappa shape index (κ3) is 3.31. The minimum Gasteiger partial charge on any atom is -0.348 e. The second-order valence-electron chi connectivity index (χ2n) is 5.78. The number of rotatable bonds is 3. The summed E-state index contributed by atoms with van der Waals surface area (Å²) in [4.78, 5) is 7.15. The zero-order chi connectivity index (χ0) is 15.7. The molecule has 0 saturated carbocycles. The molecule has 3 rings (SSSR count). The number of benzene rings is 1. The van der Waals surface area contributed by atoms with Crippen molar-refractivity contribution in [2.24, 2.45) is 11.1 Å². The van der Waals surface area contributed by atoms with Gasteiger partial charge in [0.25, 0.3) is 0 Å². The van der Waals surface area contributed by atoms with Gasteiger partial charge in [0.2, 0.25) is 10.0 Å². The van der Waals surface area contributed by atoms with Crippen molar-refractivity contribution in [3.8, 4) is 11.3 Å². The molecule has 1 aliphatic rings. The van der Waals surface area contributed by atoms with Crippen LogP contribution in [0.2, 0.25) is 0 Å². The molecule has 5 nitrogen and oxygen atoms in total. The van der Waals surface area contributed by atoms with Crippen molar-refractivity contribution in [2.75, 3.05) is 18.0 Å². The Balaban J connectivity index is 1.81. The molecule has 2 N–H and O–H groups in total. The van der Waals surface area contributed by atoms with Crippen molar-refractivity contribution >= 4 is 26.5 Å². The Kier molecular flexibility index (Phi) is 4.20. The van der Waals surface area contributed by atoms with Gasteiger partial charge in [-0.05, 0) is 30.9 Å². The fourth-order valence-electron chi connectivity index (χ4n) is 2.72. The SMILES string of the molecule is C[C@@H]1CCCN(c2nc(-c3ccc(S(N)(=O)=O)cc3)cs2)C1. The first kappa shape index (κ1) is 15.5. The molecule has 1 aromatic heterocycles. The van der Waals surface area contributed by atoms with Crippen LogP contribution in [0.25, 0.3) is 11.3 Å². The fourth-order valence-corrected chi connectivity index (χ4v) is 4.11. The van der Waals surface area contributed by atoms with Gasteiger partial charge in [-0.1, -0.05) is 19.1 Å². The Bertz CT molecular complexity index is 753. The number of sulfonamides is 1. The molecule has 0 unspecified atom stereocenters. The third-order valence-electron chi connectivity index (χ3n) is 3.90. The van der Waals surface area contributed by atoms with Crippen LogP contribution in [0.3, 0.4) is 0 Å². The Morgan fingerprint density at radius 1 is 1.32 bits per heavy atom. The predicted molar refractivity (Wildman–Crippen MR) is 89.5 cm³/mol. The van der Waals surface area contributed by atoms with Gasteiger partial charge in [-0.15, -0.1) is 11.3 Å². The Morgan fingerprint density at radius 2 is 2.05 bits per heavy atom. The van der Waals surface area contributed by atoms with Gasteiger partial charge >= 0.3 is 0 Å². The Morgan fingerprint density at radius 3 is 2.68 bits per heavy atom. The molecular formula is C15H19N3O2S2. The lowest BCUT2D eigenvalue weighted by atomic mass is 10.0. The highest BCUT2D eigenvalue weighted by molar-refractivity contribution is 7.89. The number of anilines is 1. The van der Waals surface area contributed by atoms with Gasteiger partial charge in [0.15, 0.2) is 5.13 Å².